The van der Waals surface area contributed by atoms with Crippen LogP contribution in [-0.2, 0) is 0 Å². The number of hydrogen-bond acceptors (Lipinski definition) is 1. The van der Waals surface area contributed by atoms with E-state index >= 15 is 0 Å². The maximum atomic E-state index is 3.54. The van der Waals surface area contributed by atoms with Gasteiger partial charge in [-0.1, -0.05) is 49.4 Å². The number of rotatable bonds is 5. The van der Waals surface area contributed by atoms with E-state index in [-0.39, 0.29) is 0 Å². The molecule has 2 unspecified atom stereocenters. The third-order valence-corrected chi connectivity index (χ3v) is 3.98. The summed E-state index contributed by atoms with van der Waals surface area (Å²) in [6, 6.07) is 15.5. The van der Waals surface area contributed by atoms with Crippen LogP contribution in [0.25, 0.3) is 10.8 Å². The highest BCUT2D eigenvalue weighted by atomic mass is 14.9. The summed E-state index contributed by atoms with van der Waals surface area (Å²) in [6.45, 7) is 4.56. The first-order valence-corrected chi connectivity index (χ1v) is 7.08. The molecule has 18 heavy (non-hydrogen) atoms. The van der Waals surface area contributed by atoms with Gasteiger partial charge in [0.2, 0.25) is 0 Å². The Bertz CT molecular complexity index is 527. The number of fused-ring (bicyclic) bond motifs is 1. The Labute approximate surface area is 109 Å². The standard InChI is InChI=1S/C17H21N/c1-2-10-18-12-14-11-17(14)16-9-5-7-13-6-3-4-8-15(13)16/h3-9,14,17-18H,2,10-12H2,1H3. The van der Waals surface area contributed by atoms with Crippen molar-refractivity contribution in [2.75, 3.05) is 13.1 Å². The lowest BCUT2D eigenvalue weighted by Gasteiger charge is -2.06. The molecule has 1 N–H and O–H groups in total. The normalized spacial score (nSPS) is 22.3. The number of hydrogen-bond donors (Lipinski definition) is 1. The topological polar surface area (TPSA) is 12.0 Å². The molecule has 1 fully saturated rings. The average molecular weight is 239 g/mol. The van der Waals surface area contributed by atoms with Gasteiger partial charge >= 0.3 is 0 Å². The Morgan fingerprint density at radius 1 is 1.11 bits per heavy atom. The molecular formula is C17H21N. The van der Waals surface area contributed by atoms with Crippen molar-refractivity contribution in [1.82, 2.24) is 5.32 Å². The van der Waals surface area contributed by atoms with Crippen molar-refractivity contribution in [3.05, 3.63) is 48.0 Å². The fourth-order valence-electron chi connectivity index (χ4n) is 2.89. The van der Waals surface area contributed by atoms with Gasteiger partial charge in [-0.05, 0) is 54.1 Å². The summed E-state index contributed by atoms with van der Waals surface area (Å²) in [7, 11) is 0. The molecule has 0 amide bonds. The lowest BCUT2D eigenvalue weighted by atomic mass is 10.0. The van der Waals surface area contributed by atoms with Crippen LogP contribution in [0.4, 0.5) is 0 Å². The van der Waals surface area contributed by atoms with E-state index in [0.717, 1.165) is 18.4 Å². The highest BCUT2D eigenvalue weighted by Crippen LogP contribution is 2.48. The highest BCUT2D eigenvalue weighted by molar-refractivity contribution is 5.86. The van der Waals surface area contributed by atoms with Gasteiger partial charge in [0, 0.05) is 0 Å². The molecule has 0 aliphatic heterocycles. The first-order chi connectivity index (χ1) is 8.90. The zero-order chi connectivity index (χ0) is 12.4. The summed E-state index contributed by atoms with van der Waals surface area (Å²) in [4.78, 5) is 0. The van der Waals surface area contributed by atoms with Crippen LogP contribution in [0.2, 0.25) is 0 Å². The van der Waals surface area contributed by atoms with Crippen LogP contribution in [0, 0.1) is 5.92 Å². The molecule has 2 aromatic carbocycles. The summed E-state index contributed by atoms with van der Waals surface area (Å²) in [6.07, 6.45) is 2.58. The molecule has 2 aromatic rings. The van der Waals surface area contributed by atoms with Gasteiger partial charge in [-0.2, -0.15) is 0 Å². The molecule has 0 aromatic heterocycles. The van der Waals surface area contributed by atoms with E-state index < -0.39 is 0 Å². The van der Waals surface area contributed by atoms with E-state index in [1.54, 1.807) is 5.56 Å². The predicted octanol–water partition coefficient (Wildman–Crippen LogP) is 3.94. The van der Waals surface area contributed by atoms with Crippen molar-refractivity contribution < 1.29 is 0 Å². The summed E-state index contributed by atoms with van der Waals surface area (Å²) >= 11 is 0. The van der Waals surface area contributed by atoms with Crippen LogP contribution < -0.4 is 5.32 Å². The van der Waals surface area contributed by atoms with Crippen molar-refractivity contribution >= 4 is 10.8 Å². The molecule has 1 aliphatic rings. The van der Waals surface area contributed by atoms with Crippen LogP contribution >= 0.6 is 0 Å². The monoisotopic (exact) mass is 239 g/mol. The van der Waals surface area contributed by atoms with E-state index in [2.05, 4.69) is 54.7 Å². The van der Waals surface area contributed by atoms with E-state index in [1.165, 1.54) is 30.2 Å². The molecule has 94 valence electrons. The third kappa shape index (κ3) is 2.28. The Balaban J connectivity index is 1.76. The molecule has 0 saturated heterocycles. The molecule has 1 saturated carbocycles. The first-order valence-electron chi connectivity index (χ1n) is 7.08. The van der Waals surface area contributed by atoms with Crippen LogP contribution in [0.3, 0.4) is 0 Å². The minimum Gasteiger partial charge on any atom is -0.316 e. The van der Waals surface area contributed by atoms with Crippen molar-refractivity contribution in [3.63, 3.8) is 0 Å². The molecule has 0 bridgehead atoms. The summed E-state index contributed by atoms with van der Waals surface area (Å²) in [5.74, 6) is 1.63. The molecule has 0 spiro atoms. The molecule has 3 rings (SSSR count). The second-order valence-corrected chi connectivity index (χ2v) is 5.37. The fourth-order valence-corrected chi connectivity index (χ4v) is 2.89. The maximum Gasteiger partial charge on any atom is -0.00144 e. The third-order valence-electron chi connectivity index (χ3n) is 3.98. The van der Waals surface area contributed by atoms with Gasteiger partial charge in [-0.15, -0.1) is 0 Å². The Morgan fingerprint density at radius 2 is 1.94 bits per heavy atom. The van der Waals surface area contributed by atoms with Crippen molar-refractivity contribution in [1.29, 1.82) is 0 Å². The molecule has 0 heterocycles. The van der Waals surface area contributed by atoms with Gasteiger partial charge in [0.05, 0.1) is 0 Å². The fraction of sp³-hybridized carbons (Fsp3) is 0.412. The van der Waals surface area contributed by atoms with Crippen LogP contribution in [-0.4, -0.2) is 13.1 Å². The van der Waals surface area contributed by atoms with E-state index in [0.29, 0.717) is 0 Å². The lowest BCUT2D eigenvalue weighted by Crippen LogP contribution is -2.17. The quantitative estimate of drug-likeness (QED) is 0.779. The predicted molar refractivity (Wildman–Crippen MR) is 78.0 cm³/mol. The minimum absolute atomic E-state index is 0.778. The Morgan fingerprint density at radius 3 is 2.83 bits per heavy atom. The highest BCUT2D eigenvalue weighted by Gasteiger charge is 2.38. The average Bonchev–Trinajstić information content (AvgIpc) is 3.18. The van der Waals surface area contributed by atoms with Crippen molar-refractivity contribution in [3.8, 4) is 0 Å². The smallest absolute Gasteiger partial charge is 0.00144 e. The van der Waals surface area contributed by atoms with Gasteiger partial charge in [0.1, 0.15) is 0 Å². The number of nitrogens with one attached hydrogen (secondary N) is 1. The zero-order valence-electron chi connectivity index (χ0n) is 11.0. The summed E-state index contributed by atoms with van der Waals surface area (Å²) in [5, 5.41) is 6.37. The Kier molecular flexibility index (Phi) is 3.33. The molecular weight excluding hydrogens is 218 g/mol. The van der Waals surface area contributed by atoms with Crippen molar-refractivity contribution in [2.24, 2.45) is 5.92 Å². The van der Waals surface area contributed by atoms with Gasteiger partial charge in [-0.25, -0.2) is 0 Å². The number of benzene rings is 2. The van der Waals surface area contributed by atoms with Crippen molar-refractivity contribution in [2.45, 2.75) is 25.7 Å². The van der Waals surface area contributed by atoms with E-state index in [4.69, 9.17) is 0 Å². The lowest BCUT2D eigenvalue weighted by molar-refractivity contribution is 0.620. The molecule has 1 nitrogen and oxygen atoms in total. The van der Waals surface area contributed by atoms with E-state index in [1.807, 2.05) is 0 Å². The Hall–Kier alpha value is -1.34. The SMILES string of the molecule is CCCNCC1CC1c1cccc2ccccc12. The minimum atomic E-state index is 0.778. The van der Waals surface area contributed by atoms with Gasteiger partial charge in [-0.3, -0.25) is 0 Å². The van der Waals surface area contributed by atoms with E-state index in [9.17, 15) is 0 Å². The van der Waals surface area contributed by atoms with Gasteiger partial charge in [0.25, 0.3) is 0 Å². The second-order valence-electron chi connectivity index (χ2n) is 5.37. The zero-order valence-corrected chi connectivity index (χ0v) is 11.0. The summed E-state index contributed by atoms with van der Waals surface area (Å²) in [5.41, 5.74) is 1.55. The molecule has 1 aliphatic carbocycles. The molecule has 1 heteroatoms. The molecule has 2 atom stereocenters. The maximum absolute atomic E-state index is 3.54. The van der Waals surface area contributed by atoms with Gasteiger partial charge < -0.3 is 5.32 Å². The van der Waals surface area contributed by atoms with Crippen LogP contribution in [0.5, 0.6) is 0 Å². The first kappa shape index (κ1) is 11.7. The second kappa shape index (κ2) is 5.11. The van der Waals surface area contributed by atoms with Crippen LogP contribution in [0.1, 0.15) is 31.2 Å². The summed E-state index contributed by atoms with van der Waals surface area (Å²) < 4.78 is 0. The largest absolute Gasteiger partial charge is 0.316 e. The molecule has 0 radical (unpaired) electrons. The van der Waals surface area contributed by atoms with Crippen LogP contribution in [0.15, 0.2) is 42.5 Å². The van der Waals surface area contributed by atoms with Gasteiger partial charge in [0.15, 0.2) is 0 Å².